The average Bonchev–Trinajstić information content (AvgIpc) is 2.55. The third-order valence-corrected chi connectivity index (χ3v) is 3.16. The number of aliphatic hydroxyl groups excluding tert-OH is 1. The predicted molar refractivity (Wildman–Crippen MR) is 80.9 cm³/mol. The van der Waals surface area contributed by atoms with Crippen molar-refractivity contribution in [3.05, 3.63) is 65.2 Å². The van der Waals surface area contributed by atoms with Gasteiger partial charge in [-0.1, -0.05) is 18.2 Å². The van der Waals surface area contributed by atoms with Crippen LogP contribution < -0.4 is 10.1 Å². The van der Waals surface area contributed by atoms with Crippen LogP contribution in [-0.2, 0) is 17.8 Å². The lowest BCUT2D eigenvalue weighted by Gasteiger charge is -2.11. The second-order valence-corrected chi connectivity index (χ2v) is 4.87. The molecule has 1 amide bonds. The molecule has 0 aliphatic heterocycles. The third kappa shape index (κ3) is 5.03. The molecule has 0 aliphatic rings. The van der Waals surface area contributed by atoms with Crippen molar-refractivity contribution in [1.29, 1.82) is 0 Å². The summed E-state index contributed by atoms with van der Waals surface area (Å²) in [5.41, 5.74) is 0.737. The maximum Gasteiger partial charge on any atom is 0.224 e. The van der Waals surface area contributed by atoms with Gasteiger partial charge in [-0.05, 0) is 24.3 Å². The largest absolute Gasteiger partial charge is 0.491 e. The number of hydrogen-bond donors (Lipinski definition) is 2. The van der Waals surface area contributed by atoms with Gasteiger partial charge >= 0.3 is 0 Å². The molecule has 4 nitrogen and oxygen atoms in total. The van der Waals surface area contributed by atoms with Gasteiger partial charge in [0.2, 0.25) is 5.91 Å². The molecule has 0 unspecified atom stereocenters. The lowest BCUT2D eigenvalue weighted by atomic mass is 10.1. The highest BCUT2D eigenvalue weighted by Gasteiger charge is 2.10. The molecular weight excluding hydrogens is 304 g/mol. The lowest BCUT2D eigenvalue weighted by Crippen LogP contribution is -2.25. The van der Waals surface area contributed by atoms with E-state index in [1.165, 1.54) is 0 Å². The summed E-state index contributed by atoms with van der Waals surface area (Å²) in [6.07, 6.45) is -0.247. The fourth-order valence-electron chi connectivity index (χ4n) is 2.05. The van der Waals surface area contributed by atoms with Crippen molar-refractivity contribution in [2.24, 2.45) is 0 Å². The summed E-state index contributed by atoms with van der Waals surface area (Å²) < 4.78 is 32.0. The second kappa shape index (κ2) is 8.24. The van der Waals surface area contributed by atoms with Crippen molar-refractivity contribution < 1.29 is 23.4 Å². The van der Waals surface area contributed by atoms with E-state index < -0.39 is 17.5 Å². The summed E-state index contributed by atoms with van der Waals surface area (Å²) in [4.78, 5) is 11.9. The normalized spacial score (nSPS) is 10.4. The minimum Gasteiger partial charge on any atom is -0.491 e. The highest BCUT2D eigenvalue weighted by atomic mass is 19.1. The molecule has 0 heterocycles. The Morgan fingerprint density at radius 2 is 1.91 bits per heavy atom. The zero-order chi connectivity index (χ0) is 16.7. The van der Waals surface area contributed by atoms with Crippen molar-refractivity contribution in [3.8, 4) is 5.75 Å². The molecule has 2 rings (SSSR count). The number of para-hydroxylation sites is 1. The van der Waals surface area contributed by atoms with E-state index >= 15 is 0 Å². The van der Waals surface area contributed by atoms with Gasteiger partial charge < -0.3 is 15.2 Å². The molecule has 0 saturated carbocycles. The average molecular weight is 321 g/mol. The van der Waals surface area contributed by atoms with Gasteiger partial charge in [-0.3, -0.25) is 4.79 Å². The van der Waals surface area contributed by atoms with Gasteiger partial charge in [-0.15, -0.1) is 0 Å². The van der Waals surface area contributed by atoms with Crippen LogP contribution >= 0.6 is 0 Å². The van der Waals surface area contributed by atoms with E-state index in [0.717, 1.165) is 23.8 Å². The van der Waals surface area contributed by atoms with Gasteiger partial charge in [0.15, 0.2) is 0 Å². The smallest absolute Gasteiger partial charge is 0.224 e. The molecular formula is C17H17F2NO3. The van der Waals surface area contributed by atoms with Crippen molar-refractivity contribution in [2.45, 2.75) is 13.0 Å². The summed E-state index contributed by atoms with van der Waals surface area (Å²) in [7, 11) is 0. The number of carbonyl (C=O) groups excluding carboxylic acids is 1. The van der Waals surface area contributed by atoms with E-state index in [4.69, 9.17) is 9.84 Å². The fourth-order valence-corrected chi connectivity index (χ4v) is 2.05. The van der Waals surface area contributed by atoms with Crippen molar-refractivity contribution in [3.63, 3.8) is 0 Å². The van der Waals surface area contributed by atoms with Crippen LogP contribution in [0.5, 0.6) is 5.75 Å². The first-order valence-electron chi connectivity index (χ1n) is 7.12. The van der Waals surface area contributed by atoms with E-state index in [2.05, 4.69) is 5.32 Å². The Hall–Kier alpha value is -2.47. The summed E-state index contributed by atoms with van der Waals surface area (Å²) in [6, 6.07) is 10.1. The zero-order valence-corrected chi connectivity index (χ0v) is 12.4. The van der Waals surface area contributed by atoms with Crippen LogP contribution in [0.15, 0.2) is 42.5 Å². The summed E-state index contributed by atoms with van der Waals surface area (Å²) in [6.45, 7) is 0.233. The fraction of sp³-hybridized carbons (Fsp3) is 0.235. The van der Waals surface area contributed by atoms with Crippen LogP contribution in [0.2, 0.25) is 0 Å². The number of ether oxygens (including phenoxy) is 1. The first-order chi connectivity index (χ1) is 11.1. The Kier molecular flexibility index (Phi) is 6.05. The maximum absolute atomic E-state index is 13.5. The molecule has 0 spiro atoms. The minimum absolute atomic E-state index is 0.00677. The van der Waals surface area contributed by atoms with E-state index in [0.29, 0.717) is 5.75 Å². The second-order valence-electron chi connectivity index (χ2n) is 4.87. The van der Waals surface area contributed by atoms with Crippen molar-refractivity contribution >= 4 is 5.91 Å². The molecule has 0 fully saturated rings. The lowest BCUT2D eigenvalue weighted by molar-refractivity contribution is -0.120. The van der Waals surface area contributed by atoms with Crippen molar-refractivity contribution in [1.82, 2.24) is 5.32 Å². The Morgan fingerprint density at radius 1 is 1.13 bits per heavy atom. The zero-order valence-electron chi connectivity index (χ0n) is 12.4. The number of amides is 1. The number of carbonyl (C=O) groups is 1. The molecule has 2 aromatic rings. The highest BCUT2D eigenvalue weighted by Crippen LogP contribution is 2.17. The molecule has 23 heavy (non-hydrogen) atoms. The van der Waals surface area contributed by atoms with Gasteiger partial charge in [0, 0.05) is 17.7 Å². The topological polar surface area (TPSA) is 58.6 Å². The maximum atomic E-state index is 13.5. The van der Waals surface area contributed by atoms with Crippen LogP contribution in [-0.4, -0.2) is 24.2 Å². The van der Waals surface area contributed by atoms with Crippen molar-refractivity contribution in [2.75, 3.05) is 13.2 Å². The molecule has 2 N–H and O–H groups in total. The SMILES string of the molecule is O=C(Cc1cc(F)ccc1F)NCc1ccccc1OCCO. The van der Waals surface area contributed by atoms with Gasteiger partial charge in [0.05, 0.1) is 13.0 Å². The van der Waals surface area contributed by atoms with Crippen LogP contribution in [0.3, 0.4) is 0 Å². The number of benzene rings is 2. The van der Waals surface area contributed by atoms with Crippen LogP contribution in [0, 0.1) is 11.6 Å². The monoisotopic (exact) mass is 321 g/mol. The molecule has 6 heteroatoms. The van der Waals surface area contributed by atoms with Gasteiger partial charge in [-0.25, -0.2) is 8.78 Å². The number of hydrogen-bond acceptors (Lipinski definition) is 3. The third-order valence-electron chi connectivity index (χ3n) is 3.16. The number of halogens is 2. The van der Waals surface area contributed by atoms with E-state index in [1.807, 2.05) is 0 Å². The molecule has 0 radical (unpaired) electrons. The molecule has 0 saturated heterocycles. The quantitative estimate of drug-likeness (QED) is 0.822. The number of nitrogens with one attached hydrogen (secondary N) is 1. The number of rotatable bonds is 7. The van der Waals surface area contributed by atoms with Crippen LogP contribution in [0.25, 0.3) is 0 Å². The van der Waals surface area contributed by atoms with Crippen LogP contribution in [0.1, 0.15) is 11.1 Å². The molecule has 2 aromatic carbocycles. The Balaban J connectivity index is 1.95. The van der Waals surface area contributed by atoms with E-state index in [-0.39, 0.29) is 31.7 Å². The van der Waals surface area contributed by atoms with E-state index in [1.54, 1.807) is 24.3 Å². The Bertz CT molecular complexity index is 677. The van der Waals surface area contributed by atoms with Gasteiger partial charge in [0.1, 0.15) is 24.0 Å². The minimum atomic E-state index is -0.617. The molecule has 0 aliphatic carbocycles. The van der Waals surface area contributed by atoms with Gasteiger partial charge in [0.25, 0.3) is 0 Å². The first-order valence-corrected chi connectivity index (χ1v) is 7.12. The summed E-state index contributed by atoms with van der Waals surface area (Å²) in [5, 5.41) is 11.4. The first kappa shape index (κ1) is 16.9. The standard InChI is InChI=1S/C17H17F2NO3/c18-14-5-6-15(19)13(9-14)10-17(22)20-11-12-3-1-2-4-16(12)23-8-7-21/h1-6,9,21H,7-8,10-11H2,(H,20,22). The Labute approximate surface area is 132 Å². The summed E-state index contributed by atoms with van der Waals surface area (Å²) >= 11 is 0. The Morgan fingerprint density at radius 3 is 2.70 bits per heavy atom. The van der Waals surface area contributed by atoms with E-state index in [9.17, 15) is 13.6 Å². The van der Waals surface area contributed by atoms with Gasteiger partial charge in [-0.2, -0.15) is 0 Å². The predicted octanol–water partition coefficient (Wildman–Crippen LogP) is 2.19. The number of aliphatic hydroxyl groups is 1. The van der Waals surface area contributed by atoms with Crippen LogP contribution in [0.4, 0.5) is 8.78 Å². The molecule has 0 atom stereocenters. The molecule has 122 valence electrons. The molecule has 0 bridgehead atoms. The summed E-state index contributed by atoms with van der Waals surface area (Å²) in [5.74, 6) is -1.07. The molecule has 0 aromatic heterocycles. The highest BCUT2D eigenvalue weighted by molar-refractivity contribution is 5.78.